The molecule has 4 aromatic heterocycles. The normalized spacial score (nSPS) is 12.3. The fourth-order valence-corrected chi connectivity index (χ4v) is 3.99. The molecule has 3 N–H and O–H groups in total. The van der Waals surface area contributed by atoms with Crippen LogP contribution in [0.4, 0.5) is 5.69 Å². The van der Waals surface area contributed by atoms with Crippen LogP contribution < -0.4 is 11.1 Å². The van der Waals surface area contributed by atoms with Crippen molar-refractivity contribution >= 4 is 34.4 Å². The number of nitrogen functional groups attached to an aromatic ring is 1. The van der Waals surface area contributed by atoms with Gasteiger partial charge in [0.2, 0.25) is 0 Å². The van der Waals surface area contributed by atoms with Crippen molar-refractivity contribution in [2.24, 2.45) is 0 Å². The number of carbonyl (C=O) groups excluding carboxylic acids is 1. The van der Waals surface area contributed by atoms with Gasteiger partial charge in [0.05, 0.1) is 41.0 Å². The van der Waals surface area contributed by atoms with Crippen molar-refractivity contribution in [1.29, 1.82) is 0 Å². The molecular weight excluding hydrogens is 414 g/mol. The third-order valence-corrected chi connectivity index (χ3v) is 5.48. The van der Waals surface area contributed by atoms with Crippen LogP contribution in [-0.2, 0) is 0 Å². The van der Waals surface area contributed by atoms with Crippen molar-refractivity contribution in [2.45, 2.75) is 13.0 Å². The first-order valence-corrected chi connectivity index (χ1v) is 10.0. The van der Waals surface area contributed by atoms with Gasteiger partial charge in [-0.15, -0.1) is 0 Å². The van der Waals surface area contributed by atoms with Crippen molar-refractivity contribution in [3.8, 4) is 11.3 Å². The van der Waals surface area contributed by atoms with Gasteiger partial charge in [-0.25, -0.2) is 14.5 Å². The quantitative estimate of drug-likeness (QED) is 0.421. The maximum atomic E-state index is 13.0. The number of nitrogens with zero attached hydrogens (tertiary/aromatic N) is 5. The maximum Gasteiger partial charge on any atom is 0.257 e. The van der Waals surface area contributed by atoms with Gasteiger partial charge in [-0.1, -0.05) is 23.7 Å². The first-order valence-electron chi connectivity index (χ1n) is 9.62. The second-order valence-electron chi connectivity index (χ2n) is 7.21. The molecule has 1 unspecified atom stereocenters. The molecule has 8 nitrogen and oxygen atoms in total. The van der Waals surface area contributed by atoms with Gasteiger partial charge in [-0.05, 0) is 31.2 Å². The number of hydrogen-bond acceptors (Lipinski definition) is 5. The summed E-state index contributed by atoms with van der Waals surface area (Å²) in [7, 11) is 0. The van der Waals surface area contributed by atoms with Crippen molar-refractivity contribution in [1.82, 2.24) is 29.3 Å². The summed E-state index contributed by atoms with van der Waals surface area (Å²) < 4.78 is 3.47. The van der Waals surface area contributed by atoms with E-state index in [-0.39, 0.29) is 11.9 Å². The molecule has 4 heterocycles. The topological polar surface area (TPSA) is 103 Å². The van der Waals surface area contributed by atoms with Crippen LogP contribution in [0.5, 0.6) is 0 Å². The molecule has 9 heteroatoms. The number of carbonyl (C=O) groups is 1. The minimum atomic E-state index is -0.369. The number of nitrogens with one attached hydrogen (secondary N) is 1. The Morgan fingerprint density at radius 3 is 2.94 bits per heavy atom. The third-order valence-electron chi connectivity index (χ3n) is 5.18. The van der Waals surface area contributed by atoms with Gasteiger partial charge >= 0.3 is 0 Å². The maximum absolute atomic E-state index is 13.0. The minimum absolute atomic E-state index is 0.276. The van der Waals surface area contributed by atoms with Crippen LogP contribution in [0, 0.1) is 0 Å². The highest BCUT2D eigenvalue weighted by molar-refractivity contribution is 6.34. The van der Waals surface area contributed by atoms with Crippen LogP contribution in [0.15, 0.2) is 67.5 Å². The molecule has 0 saturated carbocycles. The number of aromatic nitrogens is 5. The lowest BCUT2D eigenvalue weighted by Crippen LogP contribution is -2.27. The van der Waals surface area contributed by atoms with Gasteiger partial charge in [0.25, 0.3) is 5.91 Å². The summed E-state index contributed by atoms with van der Waals surface area (Å²) in [5.74, 6) is -0.276. The molecule has 0 radical (unpaired) electrons. The van der Waals surface area contributed by atoms with E-state index in [4.69, 9.17) is 17.3 Å². The van der Waals surface area contributed by atoms with Crippen LogP contribution in [0.2, 0.25) is 5.02 Å². The molecule has 0 fully saturated rings. The number of fused-ring (bicyclic) bond motifs is 2. The van der Waals surface area contributed by atoms with E-state index in [9.17, 15) is 4.79 Å². The summed E-state index contributed by atoms with van der Waals surface area (Å²) in [5.41, 5.74) is 10.9. The van der Waals surface area contributed by atoms with Crippen molar-refractivity contribution in [3.63, 3.8) is 0 Å². The van der Waals surface area contributed by atoms with E-state index in [0.717, 1.165) is 22.3 Å². The highest BCUT2D eigenvalue weighted by Gasteiger charge is 2.22. The number of halogens is 1. The first kappa shape index (κ1) is 19.1. The molecule has 0 aliphatic rings. The number of benzene rings is 1. The highest BCUT2D eigenvalue weighted by atomic mass is 35.5. The fraction of sp³-hybridized carbons (Fsp3) is 0.0909. The second kappa shape index (κ2) is 7.41. The molecule has 5 rings (SSSR count). The van der Waals surface area contributed by atoms with Crippen LogP contribution in [-0.4, -0.2) is 29.9 Å². The van der Waals surface area contributed by atoms with E-state index in [1.165, 1.54) is 6.20 Å². The van der Waals surface area contributed by atoms with Gasteiger partial charge < -0.3 is 11.1 Å². The Morgan fingerprint density at radius 2 is 2.10 bits per heavy atom. The molecule has 154 valence electrons. The van der Waals surface area contributed by atoms with Crippen LogP contribution in [0.1, 0.15) is 28.9 Å². The van der Waals surface area contributed by atoms with Crippen molar-refractivity contribution in [3.05, 3.63) is 83.7 Å². The average molecular weight is 432 g/mol. The number of imidazole rings is 1. The lowest BCUT2D eigenvalue weighted by molar-refractivity contribution is 0.0941. The van der Waals surface area contributed by atoms with E-state index in [1.54, 1.807) is 35.5 Å². The average Bonchev–Trinajstić information content (AvgIpc) is 3.41. The van der Waals surface area contributed by atoms with Gasteiger partial charge in [-0.2, -0.15) is 5.10 Å². The van der Waals surface area contributed by atoms with Gasteiger partial charge in [-0.3, -0.25) is 9.20 Å². The highest BCUT2D eigenvalue weighted by Crippen LogP contribution is 2.34. The molecule has 0 bridgehead atoms. The largest absolute Gasteiger partial charge is 0.399 e. The van der Waals surface area contributed by atoms with E-state index < -0.39 is 0 Å². The summed E-state index contributed by atoms with van der Waals surface area (Å²) in [5, 5.41) is 7.77. The fourth-order valence-electron chi connectivity index (χ4n) is 3.73. The molecule has 0 aliphatic carbocycles. The van der Waals surface area contributed by atoms with E-state index in [0.29, 0.717) is 21.9 Å². The Kier molecular flexibility index (Phi) is 4.56. The number of anilines is 1. The summed E-state index contributed by atoms with van der Waals surface area (Å²) in [6.45, 7) is 1.90. The number of amides is 1. The van der Waals surface area contributed by atoms with Crippen LogP contribution in [0.25, 0.3) is 22.4 Å². The Balaban J connectivity index is 1.59. The number of nitrogens with two attached hydrogens (primary N) is 1. The van der Waals surface area contributed by atoms with Crippen LogP contribution >= 0.6 is 11.6 Å². The minimum Gasteiger partial charge on any atom is -0.399 e. The van der Waals surface area contributed by atoms with Gasteiger partial charge in [0.15, 0.2) is 5.65 Å². The Bertz CT molecular complexity index is 1440. The van der Waals surface area contributed by atoms with E-state index in [2.05, 4.69) is 20.4 Å². The predicted molar refractivity (Wildman–Crippen MR) is 119 cm³/mol. The Hall–Kier alpha value is -3.91. The molecule has 1 amide bonds. The molecule has 0 aliphatic heterocycles. The zero-order valence-corrected chi connectivity index (χ0v) is 17.3. The summed E-state index contributed by atoms with van der Waals surface area (Å²) in [4.78, 5) is 21.5. The molecule has 1 aromatic carbocycles. The molecule has 0 saturated heterocycles. The summed E-state index contributed by atoms with van der Waals surface area (Å²) in [6, 6.07) is 10.8. The third kappa shape index (κ3) is 3.27. The standard InChI is InChI=1S/C22H18ClN7O/c1-13(28-22(31)17-10-27-30-7-3-6-26-21(17)30)16-9-18(23)19-11-25-12-29(19)20(16)14-4-2-5-15(24)8-14/h2-13H,24H2,1H3,(H,28,31). The summed E-state index contributed by atoms with van der Waals surface area (Å²) >= 11 is 6.53. The predicted octanol–water partition coefficient (Wildman–Crippen LogP) is 3.77. The molecular formula is C22H18ClN7O. The molecule has 1 atom stereocenters. The molecule has 0 spiro atoms. The molecule has 31 heavy (non-hydrogen) atoms. The Labute approximate surface area is 182 Å². The monoisotopic (exact) mass is 431 g/mol. The van der Waals surface area contributed by atoms with Gasteiger partial charge in [0, 0.05) is 29.2 Å². The van der Waals surface area contributed by atoms with E-state index >= 15 is 0 Å². The number of hydrogen-bond donors (Lipinski definition) is 2. The van der Waals surface area contributed by atoms with Gasteiger partial charge in [0.1, 0.15) is 5.56 Å². The number of pyridine rings is 1. The lowest BCUT2D eigenvalue weighted by Gasteiger charge is -2.20. The van der Waals surface area contributed by atoms with Crippen LogP contribution in [0.3, 0.4) is 0 Å². The molecule has 5 aromatic rings. The SMILES string of the molecule is CC(NC(=O)c1cnn2cccnc12)c1cc(Cl)c2cncn2c1-c1cccc(N)c1. The van der Waals surface area contributed by atoms with E-state index in [1.807, 2.05) is 41.7 Å². The summed E-state index contributed by atoms with van der Waals surface area (Å²) in [6.07, 6.45) is 8.28. The smallest absolute Gasteiger partial charge is 0.257 e. The number of rotatable bonds is 4. The first-order chi connectivity index (χ1) is 15.0. The second-order valence-corrected chi connectivity index (χ2v) is 7.62. The van der Waals surface area contributed by atoms with Crippen molar-refractivity contribution < 1.29 is 4.79 Å². The zero-order chi connectivity index (χ0) is 21.5. The zero-order valence-electron chi connectivity index (χ0n) is 16.5. The Morgan fingerprint density at radius 1 is 1.23 bits per heavy atom. The lowest BCUT2D eigenvalue weighted by atomic mass is 9.99. The van der Waals surface area contributed by atoms with Crippen molar-refractivity contribution in [2.75, 3.05) is 5.73 Å².